The van der Waals surface area contributed by atoms with Crippen molar-refractivity contribution in [2.24, 2.45) is 5.73 Å². The van der Waals surface area contributed by atoms with Gasteiger partial charge in [0.25, 0.3) is 5.91 Å². The van der Waals surface area contributed by atoms with Crippen molar-refractivity contribution in [3.63, 3.8) is 0 Å². The van der Waals surface area contributed by atoms with E-state index in [9.17, 15) is 4.79 Å². The Morgan fingerprint density at radius 2 is 2.13 bits per heavy atom. The molecule has 2 heterocycles. The van der Waals surface area contributed by atoms with Crippen LogP contribution in [0.1, 0.15) is 22.3 Å². The fraction of sp³-hybridized carbons (Fsp3) is 0.294. The van der Waals surface area contributed by atoms with Crippen molar-refractivity contribution in [1.29, 1.82) is 0 Å². The summed E-state index contributed by atoms with van der Waals surface area (Å²) in [6.07, 6.45) is 2.60. The SMILES string of the molecule is NCc1ccc(C(=O)NC2CCN(c3ncccc3Cl)C2)cc1. The Morgan fingerprint density at radius 3 is 2.83 bits per heavy atom. The topological polar surface area (TPSA) is 71.2 Å². The third kappa shape index (κ3) is 3.63. The highest BCUT2D eigenvalue weighted by molar-refractivity contribution is 6.32. The summed E-state index contributed by atoms with van der Waals surface area (Å²) in [7, 11) is 0. The van der Waals surface area contributed by atoms with Crippen LogP contribution >= 0.6 is 11.6 Å². The van der Waals surface area contributed by atoms with Gasteiger partial charge in [0.15, 0.2) is 0 Å². The first-order chi connectivity index (χ1) is 11.2. The van der Waals surface area contributed by atoms with E-state index < -0.39 is 0 Å². The van der Waals surface area contributed by atoms with Crippen molar-refractivity contribution >= 4 is 23.3 Å². The lowest BCUT2D eigenvalue weighted by Crippen LogP contribution is -2.37. The first-order valence-electron chi connectivity index (χ1n) is 7.62. The van der Waals surface area contributed by atoms with Gasteiger partial charge in [-0.2, -0.15) is 0 Å². The Morgan fingerprint density at radius 1 is 1.35 bits per heavy atom. The molecule has 1 unspecified atom stereocenters. The average Bonchev–Trinajstić information content (AvgIpc) is 3.03. The molecule has 0 radical (unpaired) electrons. The number of anilines is 1. The van der Waals surface area contributed by atoms with Crippen LogP contribution in [0.15, 0.2) is 42.6 Å². The van der Waals surface area contributed by atoms with Crippen LogP contribution in [0.3, 0.4) is 0 Å². The molecule has 1 saturated heterocycles. The fourth-order valence-corrected chi connectivity index (χ4v) is 2.98. The molecule has 3 N–H and O–H groups in total. The molecule has 1 aliphatic rings. The number of nitrogens with one attached hydrogen (secondary N) is 1. The Kier molecular flexibility index (Phi) is 4.79. The van der Waals surface area contributed by atoms with E-state index in [0.717, 1.165) is 24.3 Å². The maximum Gasteiger partial charge on any atom is 0.251 e. The van der Waals surface area contributed by atoms with Gasteiger partial charge in [0.1, 0.15) is 5.82 Å². The molecule has 6 heteroatoms. The third-order valence-electron chi connectivity index (χ3n) is 4.01. The lowest BCUT2D eigenvalue weighted by Gasteiger charge is -2.19. The van der Waals surface area contributed by atoms with E-state index in [1.54, 1.807) is 18.3 Å². The molecule has 1 atom stereocenters. The highest BCUT2D eigenvalue weighted by Crippen LogP contribution is 2.25. The van der Waals surface area contributed by atoms with Gasteiger partial charge >= 0.3 is 0 Å². The number of carbonyl (C=O) groups excluding carboxylic acids is 1. The third-order valence-corrected chi connectivity index (χ3v) is 4.31. The number of nitrogens with two attached hydrogens (primary N) is 1. The van der Waals surface area contributed by atoms with Crippen LogP contribution in [-0.4, -0.2) is 30.0 Å². The standard InChI is InChI=1S/C17H19ClN4O/c18-15-2-1-8-20-16(15)22-9-7-14(11-22)21-17(23)13-5-3-12(10-19)4-6-13/h1-6,8,14H,7,9-11,19H2,(H,21,23). The van der Waals surface area contributed by atoms with E-state index in [2.05, 4.69) is 15.2 Å². The zero-order valence-electron chi connectivity index (χ0n) is 12.7. The molecular formula is C17H19ClN4O. The van der Waals surface area contributed by atoms with Crippen LogP contribution in [0.2, 0.25) is 5.02 Å². The van der Waals surface area contributed by atoms with Crippen LogP contribution in [0.5, 0.6) is 0 Å². The van der Waals surface area contributed by atoms with E-state index in [1.165, 1.54) is 0 Å². The number of halogens is 1. The van der Waals surface area contributed by atoms with Crippen LogP contribution in [0.4, 0.5) is 5.82 Å². The van der Waals surface area contributed by atoms with Gasteiger partial charge in [-0.05, 0) is 36.2 Å². The molecule has 2 aromatic rings. The second-order valence-electron chi connectivity index (χ2n) is 5.61. The van der Waals surface area contributed by atoms with Crippen LogP contribution < -0.4 is 16.0 Å². The zero-order chi connectivity index (χ0) is 16.2. The molecule has 1 aliphatic heterocycles. The number of carbonyl (C=O) groups is 1. The lowest BCUT2D eigenvalue weighted by atomic mass is 10.1. The lowest BCUT2D eigenvalue weighted by molar-refractivity contribution is 0.0940. The molecule has 1 aromatic carbocycles. The van der Waals surface area contributed by atoms with Gasteiger partial charge in [-0.15, -0.1) is 0 Å². The van der Waals surface area contributed by atoms with Crippen molar-refractivity contribution in [2.45, 2.75) is 19.0 Å². The highest BCUT2D eigenvalue weighted by atomic mass is 35.5. The molecule has 0 bridgehead atoms. The molecule has 0 saturated carbocycles. The quantitative estimate of drug-likeness (QED) is 0.901. The molecule has 5 nitrogen and oxygen atoms in total. The van der Waals surface area contributed by atoms with Crippen LogP contribution in [-0.2, 0) is 6.54 Å². The monoisotopic (exact) mass is 330 g/mol. The summed E-state index contributed by atoms with van der Waals surface area (Å²) in [6.45, 7) is 2.02. The van der Waals surface area contributed by atoms with Crippen LogP contribution in [0.25, 0.3) is 0 Å². The Labute approximate surface area is 140 Å². The van der Waals surface area contributed by atoms with E-state index in [1.807, 2.05) is 24.3 Å². The first-order valence-corrected chi connectivity index (χ1v) is 8.00. The molecule has 0 aliphatic carbocycles. The summed E-state index contributed by atoms with van der Waals surface area (Å²) in [5, 5.41) is 3.71. The molecular weight excluding hydrogens is 312 g/mol. The Bertz CT molecular complexity index is 689. The van der Waals surface area contributed by atoms with Gasteiger partial charge in [-0.1, -0.05) is 23.7 Å². The van der Waals surface area contributed by atoms with E-state index in [0.29, 0.717) is 23.7 Å². The second-order valence-corrected chi connectivity index (χ2v) is 6.02. The van der Waals surface area contributed by atoms with Gasteiger partial charge in [0.2, 0.25) is 0 Å². The predicted octanol–water partition coefficient (Wildman–Crippen LogP) is 2.20. The fourth-order valence-electron chi connectivity index (χ4n) is 2.74. The Balaban J connectivity index is 1.61. The summed E-state index contributed by atoms with van der Waals surface area (Å²) in [6, 6.07) is 11.1. The summed E-state index contributed by atoms with van der Waals surface area (Å²) in [4.78, 5) is 18.7. The molecule has 1 fully saturated rings. The summed E-state index contributed by atoms with van der Waals surface area (Å²) < 4.78 is 0. The predicted molar refractivity (Wildman–Crippen MR) is 91.7 cm³/mol. The maximum absolute atomic E-state index is 12.3. The number of benzene rings is 1. The number of hydrogen-bond donors (Lipinski definition) is 2. The van der Waals surface area contributed by atoms with Crippen molar-refractivity contribution in [3.05, 3.63) is 58.7 Å². The van der Waals surface area contributed by atoms with Crippen LogP contribution in [0, 0.1) is 0 Å². The summed E-state index contributed by atoms with van der Waals surface area (Å²) in [5.74, 6) is 0.714. The molecule has 1 aromatic heterocycles. The number of aromatic nitrogens is 1. The summed E-state index contributed by atoms with van der Waals surface area (Å²) in [5.41, 5.74) is 7.23. The smallest absolute Gasteiger partial charge is 0.251 e. The Hall–Kier alpha value is -2.11. The van der Waals surface area contributed by atoms with Gasteiger partial charge in [0.05, 0.1) is 5.02 Å². The minimum atomic E-state index is -0.0625. The van der Waals surface area contributed by atoms with Gasteiger partial charge in [-0.25, -0.2) is 4.98 Å². The maximum atomic E-state index is 12.3. The van der Waals surface area contributed by atoms with E-state index >= 15 is 0 Å². The minimum absolute atomic E-state index is 0.0625. The molecule has 120 valence electrons. The van der Waals surface area contributed by atoms with Crippen molar-refractivity contribution in [1.82, 2.24) is 10.3 Å². The number of rotatable bonds is 4. The number of pyridine rings is 1. The van der Waals surface area contributed by atoms with E-state index in [4.69, 9.17) is 17.3 Å². The first kappa shape index (κ1) is 15.8. The largest absolute Gasteiger partial charge is 0.353 e. The number of hydrogen-bond acceptors (Lipinski definition) is 4. The molecule has 0 spiro atoms. The van der Waals surface area contributed by atoms with Crippen molar-refractivity contribution < 1.29 is 4.79 Å². The second kappa shape index (κ2) is 6.98. The number of nitrogens with zero attached hydrogens (tertiary/aromatic N) is 2. The zero-order valence-corrected chi connectivity index (χ0v) is 13.5. The van der Waals surface area contributed by atoms with E-state index in [-0.39, 0.29) is 11.9 Å². The molecule has 1 amide bonds. The normalized spacial score (nSPS) is 17.3. The highest BCUT2D eigenvalue weighted by Gasteiger charge is 2.26. The molecule has 3 rings (SSSR count). The average molecular weight is 331 g/mol. The van der Waals surface area contributed by atoms with Crippen molar-refractivity contribution in [2.75, 3.05) is 18.0 Å². The number of amides is 1. The summed E-state index contributed by atoms with van der Waals surface area (Å²) >= 11 is 6.18. The van der Waals surface area contributed by atoms with Gasteiger partial charge in [-0.3, -0.25) is 4.79 Å². The van der Waals surface area contributed by atoms with Gasteiger partial charge in [0, 0.05) is 37.4 Å². The van der Waals surface area contributed by atoms with Gasteiger partial charge < -0.3 is 16.0 Å². The minimum Gasteiger partial charge on any atom is -0.353 e. The molecule has 23 heavy (non-hydrogen) atoms. The van der Waals surface area contributed by atoms with Crippen molar-refractivity contribution in [3.8, 4) is 0 Å².